The topological polar surface area (TPSA) is 107 Å². The molecular formula is C4H12N4O. The van der Waals surface area contributed by atoms with Crippen molar-refractivity contribution in [2.45, 2.75) is 12.5 Å². The lowest BCUT2D eigenvalue weighted by Gasteiger charge is -2.06. The molecule has 0 aliphatic carbocycles. The standard InChI is InChI=1S/C4H12N4O/c5-2-1-3(6)4(9)8-7/h3H,1-2,5-7H2,(H,8,9). The van der Waals surface area contributed by atoms with Gasteiger partial charge in [-0.1, -0.05) is 0 Å². The summed E-state index contributed by atoms with van der Waals surface area (Å²) in [7, 11) is 0. The molecule has 5 heteroatoms. The highest BCUT2D eigenvalue weighted by Gasteiger charge is 2.08. The molecule has 0 aromatic heterocycles. The summed E-state index contributed by atoms with van der Waals surface area (Å²) in [6.07, 6.45) is 0.461. The first-order valence-electron chi connectivity index (χ1n) is 2.68. The van der Waals surface area contributed by atoms with Gasteiger partial charge >= 0.3 is 0 Å². The fraction of sp³-hybridized carbons (Fsp3) is 0.750. The molecule has 0 aliphatic rings. The first-order valence-corrected chi connectivity index (χ1v) is 2.68. The van der Waals surface area contributed by atoms with Crippen molar-refractivity contribution in [1.29, 1.82) is 0 Å². The molecule has 0 aromatic rings. The van der Waals surface area contributed by atoms with Crippen molar-refractivity contribution in [3.05, 3.63) is 0 Å². The number of hydrazine groups is 1. The van der Waals surface area contributed by atoms with Crippen LogP contribution in [0.1, 0.15) is 6.42 Å². The van der Waals surface area contributed by atoms with Crippen LogP contribution in [0.3, 0.4) is 0 Å². The summed E-state index contributed by atoms with van der Waals surface area (Å²) in [6.45, 7) is 0.397. The van der Waals surface area contributed by atoms with Crippen LogP contribution in [0.2, 0.25) is 0 Å². The van der Waals surface area contributed by atoms with E-state index >= 15 is 0 Å². The molecule has 9 heavy (non-hydrogen) atoms. The predicted molar refractivity (Wildman–Crippen MR) is 34.0 cm³/mol. The zero-order chi connectivity index (χ0) is 7.28. The number of nitrogens with one attached hydrogen (secondary N) is 1. The van der Waals surface area contributed by atoms with Crippen LogP contribution in [-0.4, -0.2) is 18.5 Å². The van der Waals surface area contributed by atoms with Crippen LogP contribution in [0.4, 0.5) is 0 Å². The molecule has 0 radical (unpaired) electrons. The SMILES string of the molecule is NCCC(N)C(=O)NN. The lowest BCUT2D eigenvalue weighted by atomic mass is 10.2. The third-order valence-corrected chi connectivity index (χ3v) is 0.957. The number of nitrogens with two attached hydrogens (primary N) is 3. The maximum Gasteiger partial charge on any atom is 0.250 e. The molecule has 0 bridgehead atoms. The molecule has 0 heterocycles. The van der Waals surface area contributed by atoms with Crippen LogP contribution in [0, 0.1) is 0 Å². The van der Waals surface area contributed by atoms with Gasteiger partial charge in [-0.15, -0.1) is 0 Å². The molecule has 0 saturated heterocycles. The van der Waals surface area contributed by atoms with E-state index in [-0.39, 0.29) is 5.91 Å². The summed E-state index contributed by atoms with van der Waals surface area (Å²) >= 11 is 0. The van der Waals surface area contributed by atoms with E-state index in [1.54, 1.807) is 0 Å². The molecule has 0 rings (SSSR count). The molecule has 54 valence electrons. The third kappa shape index (κ3) is 3.02. The maximum atomic E-state index is 10.5. The van der Waals surface area contributed by atoms with Gasteiger partial charge in [0.15, 0.2) is 0 Å². The Morgan fingerprint density at radius 3 is 2.56 bits per heavy atom. The molecule has 0 spiro atoms. The van der Waals surface area contributed by atoms with Crippen LogP contribution >= 0.6 is 0 Å². The summed E-state index contributed by atoms with van der Waals surface area (Å²) in [6, 6.07) is -0.569. The molecule has 0 aromatic carbocycles. The smallest absolute Gasteiger partial charge is 0.250 e. The minimum atomic E-state index is -0.569. The minimum Gasteiger partial charge on any atom is -0.330 e. The largest absolute Gasteiger partial charge is 0.330 e. The number of carbonyl (C=O) groups excluding carboxylic acids is 1. The summed E-state index contributed by atoms with van der Waals surface area (Å²) in [5.74, 6) is 4.41. The van der Waals surface area contributed by atoms with Gasteiger partial charge in [-0.2, -0.15) is 0 Å². The first kappa shape index (κ1) is 8.35. The van der Waals surface area contributed by atoms with E-state index in [1.807, 2.05) is 5.43 Å². The molecule has 0 aliphatic heterocycles. The second kappa shape index (κ2) is 4.25. The van der Waals surface area contributed by atoms with E-state index in [1.165, 1.54) is 0 Å². The van der Waals surface area contributed by atoms with Crippen molar-refractivity contribution in [1.82, 2.24) is 5.43 Å². The summed E-state index contributed by atoms with van der Waals surface area (Å²) in [5, 5.41) is 0. The Morgan fingerprint density at radius 1 is 1.67 bits per heavy atom. The number of hydrogen-bond acceptors (Lipinski definition) is 4. The van der Waals surface area contributed by atoms with Gasteiger partial charge in [-0.3, -0.25) is 10.2 Å². The predicted octanol–water partition coefficient (Wildman–Crippen LogP) is -2.35. The highest BCUT2D eigenvalue weighted by molar-refractivity contribution is 5.80. The molecule has 0 saturated carbocycles. The monoisotopic (exact) mass is 132 g/mol. The Kier molecular flexibility index (Phi) is 3.94. The number of hydrogen-bond donors (Lipinski definition) is 4. The minimum absolute atomic E-state index is 0.375. The van der Waals surface area contributed by atoms with Gasteiger partial charge in [0.25, 0.3) is 5.91 Å². The van der Waals surface area contributed by atoms with Crippen LogP contribution in [-0.2, 0) is 4.79 Å². The van der Waals surface area contributed by atoms with E-state index in [0.29, 0.717) is 13.0 Å². The van der Waals surface area contributed by atoms with E-state index < -0.39 is 6.04 Å². The van der Waals surface area contributed by atoms with Gasteiger partial charge in [0.1, 0.15) is 0 Å². The van der Waals surface area contributed by atoms with Crippen LogP contribution in [0.5, 0.6) is 0 Å². The van der Waals surface area contributed by atoms with Gasteiger partial charge in [-0.05, 0) is 13.0 Å². The molecule has 1 atom stereocenters. The van der Waals surface area contributed by atoms with Crippen molar-refractivity contribution >= 4 is 5.91 Å². The van der Waals surface area contributed by atoms with E-state index in [0.717, 1.165) is 0 Å². The second-order valence-corrected chi connectivity index (χ2v) is 1.69. The van der Waals surface area contributed by atoms with E-state index in [2.05, 4.69) is 0 Å². The van der Waals surface area contributed by atoms with Crippen LogP contribution < -0.4 is 22.7 Å². The fourth-order valence-corrected chi connectivity index (χ4v) is 0.418. The molecule has 1 unspecified atom stereocenters. The molecule has 7 N–H and O–H groups in total. The summed E-state index contributed by atoms with van der Waals surface area (Å²) in [5.41, 5.74) is 12.3. The van der Waals surface area contributed by atoms with Crippen LogP contribution in [0.25, 0.3) is 0 Å². The molecule has 0 fully saturated rings. The first-order chi connectivity index (χ1) is 4.22. The van der Waals surface area contributed by atoms with Gasteiger partial charge < -0.3 is 11.5 Å². The zero-order valence-corrected chi connectivity index (χ0v) is 5.13. The van der Waals surface area contributed by atoms with Gasteiger partial charge in [0.2, 0.25) is 0 Å². The van der Waals surface area contributed by atoms with Gasteiger partial charge in [-0.25, -0.2) is 5.84 Å². The Labute approximate surface area is 53.5 Å². The average molecular weight is 132 g/mol. The number of rotatable bonds is 3. The van der Waals surface area contributed by atoms with Crippen molar-refractivity contribution in [2.24, 2.45) is 17.3 Å². The lowest BCUT2D eigenvalue weighted by Crippen LogP contribution is -2.44. The third-order valence-electron chi connectivity index (χ3n) is 0.957. The second-order valence-electron chi connectivity index (χ2n) is 1.69. The number of carbonyl (C=O) groups is 1. The maximum absolute atomic E-state index is 10.5. The van der Waals surface area contributed by atoms with E-state index in [4.69, 9.17) is 17.3 Å². The molecular weight excluding hydrogens is 120 g/mol. The summed E-state index contributed by atoms with van der Waals surface area (Å²) in [4.78, 5) is 10.5. The fourth-order valence-electron chi connectivity index (χ4n) is 0.418. The lowest BCUT2D eigenvalue weighted by molar-refractivity contribution is -0.122. The summed E-state index contributed by atoms with van der Waals surface area (Å²) < 4.78 is 0. The van der Waals surface area contributed by atoms with Gasteiger partial charge in [0, 0.05) is 0 Å². The Hall–Kier alpha value is -0.650. The number of amides is 1. The highest BCUT2D eigenvalue weighted by Crippen LogP contribution is 1.82. The quantitative estimate of drug-likeness (QED) is 0.196. The Morgan fingerprint density at radius 2 is 2.22 bits per heavy atom. The Balaban J connectivity index is 3.45. The van der Waals surface area contributed by atoms with Crippen molar-refractivity contribution in [3.8, 4) is 0 Å². The average Bonchev–Trinajstić information content (AvgIpc) is 1.87. The normalized spacial score (nSPS) is 12.8. The van der Waals surface area contributed by atoms with Crippen molar-refractivity contribution in [3.63, 3.8) is 0 Å². The van der Waals surface area contributed by atoms with E-state index in [9.17, 15) is 4.79 Å². The van der Waals surface area contributed by atoms with Crippen molar-refractivity contribution < 1.29 is 4.79 Å². The highest BCUT2D eigenvalue weighted by atomic mass is 16.2. The van der Waals surface area contributed by atoms with Crippen molar-refractivity contribution in [2.75, 3.05) is 6.54 Å². The van der Waals surface area contributed by atoms with Crippen LogP contribution in [0.15, 0.2) is 0 Å². The van der Waals surface area contributed by atoms with Gasteiger partial charge in [0.05, 0.1) is 6.04 Å². The zero-order valence-electron chi connectivity index (χ0n) is 5.13. The Bertz CT molecular complexity index is 94.6. The molecule has 5 nitrogen and oxygen atoms in total. The molecule has 1 amide bonds.